The second-order valence-electron chi connectivity index (χ2n) is 5.44. The van der Waals surface area contributed by atoms with Crippen LogP contribution in [-0.4, -0.2) is 41.1 Å². The third kappa shape index (κ3) is 2.76. The van der Waals surface area contributed by atoms with Gasteiger partial charge in [0.15, 0.2) is 5.60 Å². The summed E-state index contributed by atoms with van der Waals surface area (Å²) in [4.78, 5) is 30.6. The van der Waals surface area contributed by atoms with E-state index in [9.17, 15) is 9.59 Å². The monoisotopic (exact) mass is 291 g/mol. The number of hydrogen-bond donors (Lipinski definition) is 1. The molecule has 0 unspecified atom stereocenters. The van der Waals surface area contributed by atoms with Crippen LogP contribution in [0.3, 0.4) is 0 Å². The zero-order valence-electron chi connectivity index (χ0n) is 11.8. The first-order valence-corrected chi connectivity index (χ1v) is 6.89. The van der Waals surface area contributed by atoms with Gasteiger partial charge in [0.25, 0.3) is 5.91 Å². The highest BCUT2D eigenvalue weighted by atomic mass is 16.7. The average Bonchev–Trinajstić information content (AvgIpc) is 3.18. The van der Waals surface area contributed by atoms with Crippen LogP contribution in [0.4, 0.5) is 0 Å². The van der Waals surface area contributed by atoms with E-state index in [1.165, 1.54) is 6.92 Å². The molecule has 0 bridgehead atoms. The molecule has 3 heterocycles. The molecular weight excluding hydrogens is 274 g/mol. The molecule has 2 aliphatic rings. The largest absolute Gasteiger partial charge is 0.467 e. The third-order valence-corrected chi connectivity index (χ3v) is 3.87. The number of carbonyl (C=O) groups is 2. The van der Waals surface area contributed by atoms with Crippen LogP contribution in [0.15, 0.2) is 28.0 Å². The molecule has 1 spiro atoms. The Morgan fingerprint density at radius 2 is 2.38 bits per heavy atom. The van der Waals surface area contributed by atoms with Gasteiger partial charge in [0, 0.05) is 26.3 Å². The molecule has 0 saturated carbocycles. The average molecular weight is 291 g/mol. The topological polar surface area (TPSA) is 84.1 Å². The van der Waals surface area contributed by atoms with E-state index in [1.54, 1.807) is 23.3 Å². The highest BCUT2D eigenvalue weighted by Crippen LogP contribution is 2.33. The molecule has 7 nitrogen and oxygen atoms in total. The van der Waals surface area contributed by atoms with Crippen molar-refractivity contribution in [2.45, 2.75) is 31.9 Å². The summed E-state index contributed by atoms with van der Waals surface area (Å²) in [6.07, 6.45) is 2.69. The van der Waals surface area contributed by atoms with Crippen LogP contribution in [0.1, 0.15) is 25.5 Å². The second kappa shape index (κ2) is 5.23. The molecular formula is C14H17N3O4. The summed E-state index contributed by atoms with van der Waals surface area (Å²) in [6.45, 7) is 2.98. The molecule has 0 aromatic carbocycles. The number of rotatable bonds is 3. The molecule has 1 atom stereocenters. The minimum atomic E-state index is -0.525. The molecule has 1 saturated heterocycles. The van der Waals surface area contributed by atoms with E-state index in [4.69, 9.17) is 9.25 Å². The third-order valence-electron chi connectivity index (χ3n) is 3.87. The quantitative estimate of drug-likeness (QED) is 0.886. The Morgan fingerprint density at radius 1 is 1.52 bits per heavy atom. The fourth-order valence-electron chi connectivity index (χ4n) is 2.66. The Kier molecular flexibility index (Phi) is 3.40. The molecule has 0 aliphatic carbocycles. The van der Waals surface area contributed by atoms with Crippen molar-refractivity contribution in [2.24, 2.45) is 5.16 Å². The van der Waals surface area contributed by atoms with Crippen LogP contribution in [-0.2, 0) is 21.0 Å². The van der Waals surface area contributed by atoms with Crippen LogP contribution < -0.4 is 5.32 Å². The summed E-state index contributed by atoms with van der Waals surface area (Å²) >= 11 is 0. The van der Waals surface area contributed by atoms with E-state index < -0.39 is 5.60 Å². The molecule has 2 amide bonds. The summed E-state index contributed by atoms with van der Waals surface area (Å²) in [5.74, 6) is 0.442. The molecule has 1 aromatic heterocycles. The summed E-state index contributed by atoms with van der Waals surface area (Å²) in [6, 6.07) is 3.55. The summed E-state index contributed by atoms with van der Waals surface area (Å²) < 4.78 is 5.15. The van der Waals surface area contributed by atoms with Crippen LogP contribution in [0.25, 0.3) is 0 Å². The van der Waals surface area contributed by atoms with Gasteiger partial charge in [-0.2, -0.15) is 0 Å². The molecule has 3 rings (SSSR count). The minimum absolute atomic E-state index is 0.0196. The molecule has 0 radical (unpaired) electrons. The van der Waals surface area contributed by atoms with Crippen molar-refractivity contribution in [1.82, 2.24) is 10.2 Å². The van der Waals surface area contributed by atoms with Gasteiger partial charge in [-0.25, -0.2) is 0 Å². The normalized spacial score (nSPS) is 24.0. The van der Waals surface area contributed by atoms with Gasteiger partial charge < -0.3 is 19.5 Å². The van der Waals surface area contributed by atoms with Gasteiger partial charge in [-0.15, -0.1) is 0 Å². The summed E-state index contributed by atoms with van der Waals surface area (Å²) in [5.41, 5.74) is -0.157. The molecule has 7 heteroatoms. The maximum atomic E-state index is 12.1. The predicted molar refractivity (Wildman–Crippen MR) is 73.3 cm³/mol. The zero-order valence-corrected chi connectivity index (χ0v) is 11.8. The molecule has 1 fully saturated rings. The lowest BCUT2D eigenvalue weighted by atomic mass is 9.96. The first-order chi connectivity index (χ1) is 10.1. The fourth-order valence-corrected chi connectivity index (χ4v) is 2.66. The summed E-state index contributed by atoms with van der Waals surface area (Å²) in [5, 5.41) is 6.64. The Labute approximate surface area is 121 Å². The number of amides is 2. The number of hydrogen-bond acceptors (Lipinski definition) is 5. The minimum Gasteiger partial charge on any atom is -0.467 e. The fraction of sp³-hybridized carbons (Fsp3) is 0.500. The number of nitrogens with one attached hydrogen (secondary N) is 1. The van der Waals surface area contributed by atoms with E-state index in [0.717, 1.165) is 0 Å². The van der Waals surface area contributed by atoms with Gasteiger partial charge in [-0.1, -0.05) is 5.16 Å². The highest BCUT2D eigenvalue weighted by molar-refractivity contribution is 6.39. The van der Waals surface area contributed by atoms with Crippen LogP contribution >= 0.6 is 0 Å². The van der Waals surface area contributed by atoms with Crippen molar-refractivity contribution in [1.29, 1.82) is 0 Å². The standard InChI is InChI=1S/C14H17N3O4/c1-10(18)17-5-4-14(9-17)7-12(16-21-14)13(19)15-8-11-3-2-6-20-11/h2-3,6H,4-5,7-9H2,1H3,(H,15,19)/t14-/m0/s1. The number of likely N-dealkylation sites (tertiary alicyclic amines) is 1. The Bertz CT molecular complexity index is 581. The zero-order chi connectivity index (χ0) is 14.9. The smallest absolute Gasteiger partial charge is 0.269 e. The lowest BCUT2D eigenvalue weighted by Gasteiger charge is -2.20. The van der Waals surface area contributed by atoms with Crippen molar-refractivity contribution >= 4 is 17.5 Å². The summed E-state index contributed by atoms with van der Waals surface area (Å²) in [7, 11) is 0. The lowest BCUT2D eigenvalue weighted by molar-refractivity contribution is -0.129. The Morgan fingerprint density at radius 3 is 3.05 bits per heavy atom. The van der Waals surface area contributed by atoms with Gasteiger partial charge in [0.05, 0.1) is 19.4 Å². The molecule has 1 N–H and O–H groups in total. The molecule has 112 valence electrons. The number of furan rings is 1. The first kappa shape index (κ1) is 13.7. The van der Waals surface area contributed by atoms with Crippen LogP contribution in [0, 0.1) is 0 Å². The van der Waals surface area contributed by atoms with E-state index >= 15 is 0 Å². The van der Waals surface area contributed by atoms with Crippen molar-refractivity contribution < 1.29 is 18.8 Å². The van der Waals surface area contributed by atoms with Gasteiger partial charge in [0.1, 0.15) is 11.5 Å². The number of nitrogens with zero attached hydrogens (tertiary/aromatic N) is 2. The van der Waals surface area contributed by atoms with Gasteiger partial charge in [-0.3, -0.25) is 9.59 Å². The van der Waals surface area contributed by atoms with E-state index in [-0.39, 0.29) is 11.8 Å². The van der Waals surface area contributed by atoms with Crippen molar-refractivity contribution in [3.63, 3.8) is 0 Å². The number of carbonyl (C=O) groups excluding carboxylic acids is 2. The lowest BCUT2D eigenvalue weighted by Crippen LogP contribution is -2.37. The maximum Gasteiger partial charge on any atom is 0.269 e. The second-order valence-corrected chi connectivity index (χ2v) is 5.44. The van der Waals surface area contributed by atoms with Crippen molar-refractivity contribution in [3.8, 4) is 0 Å². The number of oxime groups is 1. The van der Waals surface area contributed by atoms with Gasteiger partial charge >= 0.3 is 0 Å². The van der Waals surface area contributed by atoms with Crippen LogP contribution in [0.2, 0.25) is 0 Å². The molecule has 1 aromatic rings. The highest BCUT2D eigenvalue weighted by Gasteiger charge is 2.47. The van der Waals surface area contributed by atoms with Crippen molar-refractivity contribution in [3.05, 3.63) is 24.2 Å². The van der Waals surface area contributed by atoms with E-state index in [0.29, 0.717) is 43.9 Å². The Hall–Kier alpha value is -2.31. The van der Waals surface area contributed by atoms with Crippen LogP contribution in [0.5, 0.6) is 0 Å². The van der Waals surface area contributed by atoms with E-state index in [2.05, 4.69) is 10.5 Å². The van der Waals surface area contributed by atoms with Gasteiger partial charge in [0.2, 0.25) is 5.91 Å². The molecule has 2 aliphatic heterocycles. The molecule has 21 heavy (non-hydrogen) atoms. The first-order valence-electron chi connectivity index (χ1n) is 6.89. The van der Waals surface area contributed by atoms with Gasteiger partial charge in [-0.05, 0) is 12.1 Å². The SMILES string of the molecule is CC(=O)N1CC[C@]2(CC(C(=O)NCc3ccco3)=NO2)C1. The Balaban J connectivity index is 1.54. The van der Waals surface area contributed by atoms with Crippen molar-refractivity contribution in [2.75, 3.05) is 13.1 Å². The van der Waals surface area contributed by atoms with E-state index in [1.807, 2.05) is 0 Å². The maximum absolute atomic E-state index is 12.1. The predicted octanol–water partition coefficient (Wildman–Crippen LogP) is 0.663.